The third kappa shape index (κ3) is 4.30. The predicted octanol–water partition coefficient (Wildman–Crippen LogP) is 11.3. The molecule has 4 bridgehead atoms. The average Bonchev–Trinajstić information content (AvgIpc) is 3.68. The maximum absolute atomic E-state index is 12.6. The van der Waals surface area contributed by atoms with Gasteiger partial charge < -0.3 is 20.4 Å². The minimum Gasteiger partial charge on any atom is -0.507 e. The zero-order chi connectivity index (χ0) is 39.2. The summed E-state index contributed by atoms with van der Waals surface area (Å²) in [6, 6.07) is 31.3. The molecule has 2 aromatic heterocycles. The molecule has 4 saturated carbocycles. The molecule has 4 N–H and O–H groups in total. The van der Waals surface area contributed by atoms with Gasteiger partial charge in [0.1, 0.15) is 22.7 Å². The largest absolute Gasteiger partial charge is 0.507 e. The minimum absolute atomic E-state index is 0.00517. The Morgan fingerprint density at radius 2 is 0.911 bits per heavy atom. The van der Waals surface area contributed by atoms with Crippen molar-refractivity contribution in [2.45, 2.75) is 91.3 Å². The Morgan fingerprint density at radius 3 is 1.27 bits per heavy atom. The second-order valence-electron chi connectivity index (χ2n) is 19.3. The number of phenols is 2. The number of hydrogen-bond donors (Lipinski definition) is 4. The number of aromatic nitrogens is 2. The van der Waals surface area contributed by atoms with E-state index in [1.807, 2.05) is 97.1 Å². The maximum atomic E-state index is 12.6. The fourth-order valence-corrected chi connectivity index (χ4v) is 12.5. The monoisotopic (exact) mass is 744 g/mol. The molecule has 4 aliphatic rings. The first-order valence-electron chi connectivity index (χ1n) is 20.5. The summed E-state index contributed by atoms with van der Waals surface area (Å²) in [4.78, 5) is 10.3. The summed E-state index contributed by atoms with van der Waals surface area (Å²) in [6.45, 7) is 13.6. The number of hydrogen-bond acceptors (Lipinski definition) is 6. The van der Waals surface area contributed by atoms with E-state index in [1.54, 1.807) is 0 Å². The number of rotatable bonds is 5. The van der Waals surface area contributed by atoms with E-state index in [1.165, 1.54) is 0 Å². The second-order valence-corrected chi connectivity index (χ2v) is 19.3. The van der Waals surface area contributed by atoms with Crippen LogP contribution in [-0.2, 0) is 11.2 Å². The zero-order valence-electron chi connectivity index (χ0n) is 33.3. The molecule has 56 heavy (non-hydrogen) atoms. The summed E-state index contributed by atoms with van der Waals surface area (Å²) in [5.41, 5.74) is 1.57. The number of benzene rings is 4. The minimum atomic E-state index is -1.09. The molecular weight excluding hydrogens is 693 g/mol. The smallest absolute Gasteiger partial charge is 0.133 e. The van der Waals surface area contributed by atoms with E-state index in [0.717, 1.165) is 47.2 Å². The highest BCUT2D eigenvalue weighted by molar-refractivity contribution is 6.13. The van der Waals surface area contributed by atoms with Crippen molar-refractivity contribution in [1.29, 1.82) is 0 Å². The molecule has 0 aliphatic heterocycles. The second kappa shape index (κ2) is 11.4. The zero-order valence-corrected chi connectivity index (χ0v) is 33.3. The van der Waals surface area contributed by atoms with Crippen molar-refractivity contribution in [3.05, 3.63) is 108 Å². The first kappa shape index (κ1) is 35.6. The van der Waals surface area contributed by atoms with E-state index in [0.29, 0.717) is 69.7 Å². The van der Waals surface area contributed by atoms with Gasteiger partial charge in [0.05, 0.1) is 22.8 Å². The van der Waals surface area contributed by atoms with Crippen LogP contribution in [0.2, 0.25) is 0 Å². The van der Waals surface area contributed by atoms with Crippen molar-refractivity contribution in [2.24, 2.45) is 33.5 Å². The molecule has 6 aromatic rings. The molecular formula is C50H52N2O4. The molecule has 2 heterocycles. The van der Waals surface area contributed by atoms with Crippen LogP contribution < -0.4 is 0 Å². The summed E-state index contributed by atoms with van der Waals surface area (Å²) < 4.78 is 0. The number of fused-ring (bicyclic) bond motifs is 6. The van der Waals surface area contributed by atoms with Gasteiger partial charge in [-0.15, -0.1) is 0 Å². The van der Waals surface area contributed by atoms with Crippen molar-refractivity contribution in [2.75, 3.05) is 0 Å². The van der Waals surface area contributed by atoms with Crippen molar-refractivity contribution in [1.82, 2.24) is 9.97 Å². The fourth-order valence-electron chi connectivity index (χ4n) is 12.5. The predicted molar refractivity (Wildman–Crippen MR) is 223 cm³/mol. The Kier molecular flexibility index (Phi) is 7.26. The van der Waals surface area contributed by atoms with Gasteiger partial charge in [0.25, 0.3) is 0 Å². The van der Waals surface area contributed by atoms with Gasteiger partial charge in [-0.05, 0) is 119 Å². The molecule has 0 amide bonds. The molecule has 10 rings (SSSR count). The highest BCUT2D eigenvalue weighted by Crippen LogP contribution is 2.73. The van der Waals surface area contributed by atoms with Crippen LogP contribution in [0.3, 0.4) is 0 Å². The van der Waals surface area contributed by atoms with Gasteiger partial charge in [-0.3, -0.25) is 0 Å². The van der Waals surface area contributed by atoms with Crippen molar-refractivity contribution < 1.29 is 20.4 Å². The lowest BCUT2D eigenvalue weighted by Gasteiger charge is -2.45. The summed E-state index contributed by atoms with van der Waals surface area (Å²) in [6.07, 6.45) is 5.43. The van der Waals surface area contributed by atoms with Gasteiger partial charge in [0, 0.05) is 33.1 Å². The third-order valence-electron chi connectivity index (χ3n) is 17.0. The lowest BCUT2D eigenvalue weighted by atomic mass is 9.63. The Balaban J connectivity index is 1.16. The first-order valence-corrected chi connectivity index (χ1v) is 20.5. The maximum Gasteiger partial charge on any atom is 0.133 e. The molecule has 0 saturated heterocycles. The van der Waals surface area contributed by atoms with Gasteiger partial charge in [0.15, 0.2) is 0 Å². The van der Waals surface area contributed by atoms with E-state index in [4.69, 9.17) is 9.97 Å². The molecule has 4 aliphatic carbocycles. The lowest BCUT2D eigenvalue weighted by Crippen LogP contribution is -2.45. The molecule has 0 unspecified atom stereocenters. The number of pyridine rings is 2. The van der Waals surface area contributed by atoms with Gasteiger partial charge in [-0.1, -0.05) is 102 Å². The summed E-state index contributed by atoms with van der Waals surface area (Å²) >= 11 is 0. The van der Waals surface area contributed by atoms with Crippen molar-refractivity contribution >= 4 is 21.5 Å². The molecule has 6 heteroatoms. The van der Waals surface area contributed by atoms with Crippen LogP contribution in [0, 0.1) is 33.5 Å². The van der Waals surface area contributed by atoms with Gasteiger partial charge >= 0.3 is 0 Å². The Labute approximate surface area is 329 Å². The molecule has 286 valence electrons. The van der Waals surface area contributed by atoms with E-state index >= 15 is 0 Å². The highest BCUT2D eigenvalue weighted by Gasteiger charge is 2.70. The number of phenolic OH excluding ortho intramolecular Hbond substituents is 2. The van der Waals surface area contributed by atoms with Crippen molar-refractivity contribution in [3.8, 4) is 45.1 Å². The van der Waals surface area contributed by atoms with Crippen LogP contribution in [-0.4, -0.2) is 30.4 Å². The van der Waals surface area contributed by atoms with Gasteiger partial charge in [0.2, 0.25) is 0 Å². The van der Waals surface area contributed by atoms with Crippen LogP contribution in [0.25, 0.3) is 55.2 Å². The SMILES string of the molecule is CC1(C)[C@@H]2CC[C@@]1(C)[C@@](O)(c1cccc(-c3cc4ccccc4c(-c4c(O)c(-c5cccc([C@@]6(O)C[C@H]7CC[C@]6(C)C7(C)C)n5)cc5ccccc45)c3O)n1)C2. The normalized spacial score (nSPS) is 31.1. The third-order valence-corrected chi connectivity index (χ3v) is 17.0. The number of nitrogens with zero attached hydrogens (tertiary/aromatic N) is 2. The fraction of sp³-hybridized carbons (Fsp3) is 0.400. The van der Waals surface area contributed by atoms with Crippen LogP contribution in [0.15, 0.2) is 97.1 Å². The summed E-state index contributed by atoms with van der Waals surface area (Å²) in [5.74, 6) is 0.832. The molecule has 4 aromatic carbocycles. The Morgan fingerprint density at radius 1 is 0.518 bits per heavy atom. The van der Waals surface area contributed by atoms with Crippen molar-refractivity contribution in [3.63, 3.8) is 0 Å². The van der Waals surface area contributed by atoms with Crippen LogP contribution in [0.5, 0.6) is 11.5 Å². The Hall–Kier alpha value is -4.78. The van der Waals surface area contributed by atoms with Gasteiger partial charge in [-0.2, -0.15) is 0 Å². The van der Waals surface area contributed by atoms with E-state index < -0.39 is 11.2 Å². The topological polar surface area (TPSA) is 107 Å². The first-order chi connectivity index (χ1) is 26.6. The summed E-state index contributed by atoms with van der Waals surface area (Å²) in [5, 5.41) is 53.5. The lowest BCUT2D eigenvalue weighted by molar-refractivity contribution is -0.0988. The van der Waals surface area contributed by atoms with E-state index in [-0.39, 0.29) is 33.2 Å². The molecule has 4 fully saturated rings. The van der Waals surface area contributed by atoms with Crippen LogP contribution in [0.4, 0.5) is 0 Å². The highest BCUT2D eigenvalue weighted by atomic mass is 16.3. The molecule has 6 nitrogen and oxygen atoms in total. The molecule has 0 radical (unpaired) electrons. The van der Waals surface area contributed by atoms with E-state index in [2.05, 4.69) is 41.5 Å². The Bertz CT molecular complexity index is 2450. The van der Waals surface area contributed by atoms with Crippen LogP contribution in [0.1, 0.15) is 91.5 Å². The summed E-state index contributed by atoms with van der Waals surface area (Å²) in [7, 11) is 0. The van der Waals surface area contributed by atoms with Gasteiger partial charge in [-0.25, -0.2) is 9.97 Å². The quantitative estimate of drug-likeness (QED) is 0.140. The standard InChI is InChI=1S/C50H52N2O4/c1-45(2)31-21-23-47(45,5)49(55,27-31)39-19-11-17-37(51-39)35-25-29-13-7-9-15-33(29)41(43(35)53)42-34-16-10-8-14-30(34)26-36(44(42)54)38-18-12-20-40(52-38)50(56)28-32-22-24-48(50,6)46(32,3)4/h7-20,25-26,31-32,53-56H,21-24,27-28H2,1-6H3/t31-,32-,47-,48-,49+,50+/m1/s1. The average molecular weight is 745 g/mol. The molecule has 0 spiro atoms. The number of aromatic hydroxyl groups is 2. The number of aliphatic hydroxyl groups is 2. The molecule has 6 atom stereocenters. The van der Waals surface area contributed by atoms with E-state index in [9.17, 15) is 20.4 Å². The van der Waals surface area contributed by atoms with Crippen LogP contribution >= 0.6 is 0 Å².